The first-order valence-corrected chi connectivity index (χ1v) is 26.4. The lowest BCUT2D eigenvalue weighted by Crippen LogP contribution is -2.02. The van der Waals surface area contributed by atoms with Crippen molar-refractivity contribution >= 4 is 33.2 Å². The van der Waals surface area contributed by atoms with E-state index in [1.165, 1.54) is 95.6 Å². The molecule has 0 aromatic heterocycles. The molecule has 2 aliphatic carbocycles. The fraction of sp³-hybridized carbons (Fsp3) is 0.333. The van der Waals surface area contributed by atoms with Crippen LogP contribution in [0.1, 0.15) is 149 Å². The van der Waals surface area contributed by atoms with E-state index in [4.69, 9.17) is 4.74 Å². The maximum atomic E-state index is 6.05. The van der Waals surface area contributed by atoms with Crippen LogP contribution in [0.4, 0.5) is 0 Å². The summed E-state index contributed by atoms with van der Waals surface area (Å²) in [5.41, 5.74) is 15.1. The Morgan fingerprint density at radius 3 is 1.44 bits per heavy atom. The number of rotatable bonds is 5. The molecule has 1 heteroatoms. The van der Waals surface area contributed by atoms with E-state index in [0.717, 1.165) is 31.4 Å². The molecule has 9 rings (SSSR count). The molecule has 0 atom stereocenters. The zero-order chi connectivity index (χ0) is 52.5. The molecule has 0 heterocycles. The first kappa shape index (κ1) is 61.8. The topological polar surface area (TPSA) is 9.23 Å². The first-order valence-electron chi connectivity index (χ1n) is 26.4. The minimum absolute atomic E-state index is 0.550. The van der Waals surface area contributed by atoms with Gasteiger partial charge in [-0.1, -0.05) is 276 Å². The number of allylic oxidation sites excluding steroid dienone is 5. The van der Waals surface area contributed by atoms with Crippen molar-refractivity contribution in [2.45, 2.75) is 142 Å². The monoisotopic (exact) mass is 937 g/mol. The molecule has 7 aromatic rings. The first-order chi connectivity index (χ1) is 34.1. The summed E-state index contributed by atoms with van der Waals surface area (Å²) < 4.78 is 6.05. The molecule has 0 N–H and O–H groups in total. The van der Waals surface area contributed by atoms with Crippen LogP contribution in [0.3, 0.4) is 0 Å². The van der Waals surface area contributed by atoms with Crippen LogP contribution >= 0.6 is 0 Å². The summed E-state index contributed by atoms with van der Waals surface area (Å²) in [6.07, 6.45) is 18.3. The Morgan fingerprint density at radius 2 is 1.00 bits per heavy atom. The van der Waals surface area contributed by atoms with Gasteiger partial charge in [-0.05, 0) is 113 Å². The predicted molar refractivity (Wildman–Crippen MR) is 321 cm³/mol. The number of hydrogen-bond acceptors (Lipinski definition) is 1. The average molecular weight is 937 g/mol. The number of hydrogen-bond donors (Lipinski definition) is 0. The molecule has 1 nitrogen and oxygen atoms in total. The van der Waals surface area contributed by atoms with Crippen molar-refractivity contribution in [1.82, 2.24) is 0 Å². The minimum atomic E-state index is 0.550. The molecule has 2 aliphatic rings. The Kier molecular flexibility index (Phi) is 30.9. The van der Waals surface area contributed by atoms with Crippen LogP contribution in [-0.4, -0.2) is 7.11 Å². The van der Waals surface area contributed by atoms with Gasteiger partial charge < -0.3 is 4.74 Å². The molecule has 0 saturated carbocycles. The zero-order valence-corrected chi connectivity index (χ0v) is 46.7. The molecule has 0 amide bonds. The Hall–Kier alpha value is -6.18. The number of methoxy groups -OCH3 is 1. The van der Waals surface area contributed by atoms with Crippen molar-refractivity contribution in [3.63, 3.8) is 0 Å². The molecular weight excluding hydrogens is 845 g/mol. The Balaban J connectivity index is 0.000000483. The van der Waals surface area contributed by atoms with Gasteiger partial charge in [0.1, 0.15) is 5.75 Å². The summed E-state index contributed by atoms with van der Waals surface area (Å²) in [5, 5.41) is 5.26. The second-order valence-electron chi connectivity index (χ2n) is 17.4. The third-order valence-corrected chi connectivity index (χ3v) is 11.2. The zero-order valence-electron chi connectivity index (χ0n) is 46.7. The molecule has 0 fully saturated rings. The Bertz CT molecular complexity index is 2520. The van der Waals surface area contributed by atoms with Gasteiger partial charge in [0.15, 0.2) is 0 Å². The summed E-state index contributed by atoms with van der Waals surface area (Å²) in [5.74, 6) is 1.02. The van der Waals surface area contributed by atoms with Gasteiger partial charge in [0.2, 0.25) is 0 Å². The molecule has 374 valence electrons. The van der Waals surface area contributed by atoms with E-state index in [1.807, 2.05) is 74.6 Å². The standard InChI is InChI=1S/C26H24O.2C13H12.C7H16.4C2H6.C2H4/c1-17-12-13-23-24(16-17)21-11-7-6-10-20(21)22-15-14-19(26(27-2)25(22)23)18-8-4-3-5-9-18;2*1-11-6-5-9-13(10-11)12-7-3-2-4-8-12;1-5-6-7(2,3)4;5*1-2/h3-4,6,8,10,12-16H,5,7,9,11H2,1-2H3;2*2-10H,1H3;5-6H2,1-4H3;4*1-2H3;1-2H2. The molecule has 0 radical (unpaired) electrons. The third-order valence-electron chi connectivity index (χ3n) is 11.2. The Labute approximate surface area is 429 Å². The summed E-state index contributed by atoms with van der Waals surface area (Å²) in [4.78, 5) is 0. The van der Waals surface area contributed by atoms with Gasteiger partial charge in [0, 0.05) is 10.9 Å². The molecule has 0 aliphatic heterocycles. The van der Waals surface area contributed by atoms with Gasteiger partial charge in [-0.3, -0.25) is 0 Å². The van der Waals surface area contributed by atoms with Crippen LogP contribution in [-0.2, 0) is 6.42 Å². The lowest BCUT2D eigenvalue weighted by atomic mass is 9.84. The maximum absolute atomic E-state index is 6.05. The summed E-state index contributed by atoms with van der Waals surface area (Å²) in [6, 6.07) is 49.4. The fourth-order valence-corrected chi connectivity index (χ4v) is 8.35. The van der Waals surface area contributed by atoms with Crippen molar-refractivity contribution in [3.05, 3.63) is 210 Å². The molecular formula is C69H92O. The highest BCUT2D eigenvalue weighted by Crippen LogP contribution is 2.44. The second kappa shape index (κ2) is 35.0. The van der Waals surface area contributed by atoms with Crippen molar-refractivity contribution in [2.75, 3.05) is 7.11 Å². The SMILES string of the molecule is C=C.CC.CC.CC.CC.CCCC(C)(C)C.COc1c(C2=CC=CCC2)ccc2c3c(c4cc(C)ccc4c12)CCC=C3.Cc1cccc(-c2ccccc2)c1.Cc1cccc(-c2ccccc2)c1. The van der Waals surface area contributed by atoms with Gasteiger partial charge in [-0.2, -0.15) is 0 Å². The van der Waals surface area contributed by atoms with Crippen LogP contribution in [0.2, 0.25) is 0 Å². The van der Waals surface area contributed by atoms with E-state index in [1.54, 1.807) is 0 Å². The van der Waals surface area contributed by atoms with Crippen LogP contribution in [0.15, 0.2) is 177 Å². The average Bonchev–Trinajstić information content (AvgIpc) is 3.42. The minimum Gasteiger partial charge on any atom is -0.495 e. The normalized spacial score (nSPS) is 11.4. The van der Waals surface area contributed by atoms with Crippen LogP contribution in [0.5, 0.6) is 5.75 Å². The molecule has 0 spiro atoms. The van der Waals surface area contributed by atoms with Gasteiger partial charge in [-0.25, -0.2) is 0 Å². The Morgan fingerprint density at radius 1 is 0.514 bits per heavy atom. The molecule has 7 aromatic carbocycles. The smallest absolute Gasteiger partial charge is 0.134 e. The van der Waals surface area contributed by atoms with Crippen LogP contribution in [0.25, 0.3) is 55.4 Å². The van der Waals surface area contributed by atoms with Gasteiger partial charge in [0.05, 0.1) is 7.11 Å². The van der Waals surface area contributed by atoms with Crippen LogP contribution < -0.4 is 4.74 Å². The van der Waals surface area contributed by atoms with E-state index < -0.39 is 0 Å². The molecule has 0 bridgehead atoms. The van der Waals surface area contributed by atoms with Gasteiger partial charge in [-0.15, -0.1) is 13.2 Å². The van der Waals surface area contributed by atoms with E-state index in [2.05, 4.69) is 219 Å². The van der Waals surface area contributed by atoms with Crippen molar-refractivity contribution in [2.24, 2.45) is 5.41 Å². The lowest BCUT2D eigenvalue weighted by Gasteiger charge is -2.22. The van der Waals surface area contributed by atoms with Crippen molar-refractivity contribution < 1.29 is 4.74 Å². The third kappa shape index (κ3) is 19.3. The fourth-order valence-electron chi connectivity index (χ4n) is 8.35. The van der Waals surface area contributed by atoms with Gasteiger partial charge in [0.25, 0.3) is 0 Å². The molecule has 0 unspecified atom stereocenters. The number of benzene rings is 7. The summed E-state index contributed by atoms with van der Waals surface area (Å²) >= 11 is 0. The van der Waals surface area contributed by atoms with Crippen LogP contribution in [0, 0.1) is 26.2 Å². The predicted octanol–water partition coefficient (Wildman–Crippen LogP) is 22.1. The highest BCUT2D eigenvalue weighted by molar-refractivity contribution is 6.17. The van der Waals surface area contributed by atoms with E-state index in [0.29, 0.717) is 5.41 Å². The highest BCUT2D eigenvalue weighted by atomic mass is 16.5. The van der Waals surface area contributed by atoms with E-state index in [9.17, 15) is 0 Å². The number of fused-ring (bicyclic) bond motifs is 6. The second-order valence-corrected chi connectivity index (χ2v) is 17.4. The number of ether oxygens (including phenoxy) is 1. The molecule has 0 saturated heterocycles. The molecule has 70 heavy (non-hydrogen) atoms. The van der Waals surface area contributed by atoms with E-state index >= 15 is 0 Å². The van der Waals surface area contributed by atoms with E-state index in [-0.39, 0.29) is 0 Å². The summed E-state index contributed by atoms with van der Waals surface area (Å²) in [6.45, 7) is 37.5. The van der Waals surface area contributed by atoms with Crippen molar-refractivity contribution in [3.8, 4) is 28.0 Å². The quantitative estimate of drug-likeness (QED) is 0.123. The lowest BCUT2D eigenvalue weighted by molar-refractivity contribution is 0.373. The maximum Gasteiger partial charge on any atom is 0.134 e. The largest absolute Gasteiger partial charge is 0.495 e. The van der Waals surface area contributed by atoms with Gasteiger partial charge >= 0.3 is 0 Å². The summed E-state index contributed by atoms with van der Waals surface area (Å²) in [7, 11) is 1.81. The number of aryl methyl sites for hydroxylation is 4. The highest BCUT2D eigenvalue weighted by Gasteiger charge is 2.21. The van der Waals surface area contributed by atoms with Crippen molar-refractivity contribution in [1.29, 1.82) is 0 Å².